The van der Waals surface area contributed by atoms with E-state index in [2.05, 4.69) is 15.1 Å². The number of nitrogens with one attached hydrogen (secondary N) is 1. The average Bonchev–Trinajstić information content (AvgIpc) is 3.18. The molecular formula is C12H14N4O3S. The second kappa shape index (κ2) is 4.93. The molecule has 3 rings (SSSR count). The number of rotatable bonds is 4. The highest BCUT2D eigenvalue weighted by Crippen LogP contribution is 2.43. The molecule has 0 bridgehead atoms. The van der Waals surface area contributed by atoms with Crippen LogP contribution in [-0.2, 0) is 12.8 Å². The molecule has 2 heterocycles. The zero-order valence-electron chi connectivity index (χ0n) is 11.2. The minimum Gasteiger partial charge on any atom is -0.361 e. The summed E-state index contributed by atoms with van der Waals surface area (Å²) in [6.07, 6.45) is 2.26. The molecule has 0 aliphatic heterocycles. The van der Waals surface area contributed by atoms with Crippen LogP contribution < -0.4 is 11.4 Å². The predicted octanol–water partition coefficient (Wildman–Crippen LogP) is 0.935. The Hall–Kier alpha value is -1.83. The van der Waals surface area contributed by atoms with Crippen molar-refractivity contribution in [2.24, 2.45) is 7.05 Å². The summed E-state index contributed by atoms with van der Waals surface area (Å²) < 4.78 is 6.29. The fourth-order valence-corrected chi connectivity index (χ4v) is 2.84. The summed E-state index contributed by atoms with van der Waals surface area (Å²) in [7, 11) is 1.39. The van der Waals surface area contributed by atoms with E-state index in [1.54, 1.807) is 0 Å². The molecule has 0 amide bonds. The van der Waals surface area contributed by atoms with Gasteiger partial charge in [-0.2, -0.15) is 4.98 Å². The highest BCUT2D eigenvalue weighted by molar-refractivity contribution is 7.98. The van der Waals surface area contributed by atoms with Gasteiger partial charge in [-0.15, -0.1) is 0 Å². The molecule has 8 heteroatoms. The third-order valence-electron chi connectivity index (χ3n) is 3.32. The van der Waals surface area contributed by atoms with Gasteiger partial charge in [-0.05, 0) is 19.8 Å². The molecule has 106 valence electrons. The zero-order chi connectivity index (χ0) is 14.3. The summed E-state index contributed by atoms with van der Waals surface area (Å²) in [6.45, 7) is 1.89. The number of thioether (sulfide) groups is 1. The smallest absolute Gasteiger partial charge is 0.353 e. The van der Waals surface area contributed by atoms with Crippen LogP contribution in [0.1, 0.15) is 35.8 Å². The van der Waals surface area contributed by atoms with E-state index in [0.717, 1.165) is 34.4 Å². The van der Waals surface area contributed by atoms with Gasteiger partial charge in [-0.1, -0.05) is 16.9 Å². The van der Waals surface area contributed by atoms with Crippen molar-refractivity contribution in [3.63, 3.8) is 0 Å². The summed E-state index contributed by atoms with van der Waals surface area (Å²) in [6, 6.07) is 0. The number of aromatic nitrogens is 4. The third-order valence-corrected chi connectivity index (χ3v) is 4.22. The number of hydrogen-bond acceptors (Lipinski definition) is 6. The van der Waals surface area contributed by atoms with E-state index in [4.69, 9.17) is 4.52 Å². The summed E-state index contributed by atoms with van der Waals surface area (Å²) in [5.41, 5.74) is 0.879. The van der Waals surface area contributed by atoms with E-state index in [0.29, 0.717) is 16.8 Å². The maximum atomic E-state index is 11.5. The number of hydrogen-bond donors (Lipinski definition) is 1. The number of aryl methyl sites for hydroxylation is 1. The summed E-state index contributed by atoms with van der Waals surface area (Å²) >= 11 is 1.31. The Morgan fingerprint density at radius 1 is 1.45 bits per heavy atom. The van der Waals surface area contributed by atoms with Crippen LogP contribution in [0.15, 0.2) is 19.3 Å². The van der Waals surface area contributed by atoms with Gasteiger partial charge in [0, 0.05) is 24.3 Å². The van der Waals surface area contributed by atoms with Gasteiger partial charge in [0.1, 0.15) is 5.76 Å². The quantitative estimate of drug-likeness (QED) is 0.843. The standard InChI is InChI=1S/C12H14N4O3S/c1-6-8(9(19-15-6)7-3-4-7)5-20-10-13-11(17)16(2)12(18)14-10/h7H,3-5H2,1-2H3,(H,13,14,17,18). The molecule has 1 N–H and O–H groups in total. The van der Waals surface area contributed by atoms with Gasteiger partial charge in [0.2, 0.25) is 0 Å². The Bertz CT molecular complexity index is 726. The molecule has 7 nitrogen and oxygen atoms in total. The first-order valence-electron chi connectivity index (χ1n) is 6.31. The van der Waals surface area contributed by atoms with Crippen molar-refractivity contribution in [3.05, 3.63) is 38.0 Å². The van der Waals surface area contributed by atoms with Gasteiger partial charge in [-0.25, -0.2) is 14.2 Å². The molecule has 0 radical (unpaired) electrons. The Morgan fingerprint density at radius 3 is 2.85 bits per heavy atom. The summed E-state index contributed by atoms with van der Waals surface area (Å²) in [5.74, 6) is 1.99. The molecular weight excluding hydrogens is 280 g/mol. The lowest BCUT2D eigenvalue weighted by molar-refractivity contribution is 0.379. The minimum atomic E-state index is -0.555. The first kappa shape index (κ1) is 13.2. The van der Waals surface area contributed by atoms with Crippen molar-refractivity contribution in [1.29, 1.82) is 0 Å². The van der Waals surface area contributed by atoms with Gasteiger partial charge in [-0.3, -0.25) is 4.98 Å². The van der Waals surface area contributed by atoms with Crippen molar-refractivity contribution in [2.45, 2.75) is 36.6 Å². The van der Waals surface area contributed by atoms with E-state index in [9.17, 15) is 9.59 Å². The van der Waals surface area contributed by atoms with Crippen LogP contribution in [0.3, 0.4) is 0 Å². The molecule has 2 aromatic heterocycles. The number of nitrogens with zero attached hydrogens (tertiary/aromatic N) is 3. The maximum absolute atomic E-state index is 11.5. The topological polar surface area (TPSA) is 93.8 Å². The predicted molar refractivity (Wildman–Crippen MR) is 72.9 cm³/mol. The summed E-state index contributed by atoms with van der Waals surface area (Å²) in [5, 5.41) is 4.31. The Kier molecular flexibility index (Phi) is 3.25. The first-order valence-corrected chi connectivity index (χ1v) is 7.30. The Morgan fingerprint density at radius 2 is 2.20 bits per heavy atom. The van der Waals surface area contributed by atoms with Crippen molar-refractivity contribution < 1.29 is 4.52 Å². The second-order valence-electron chi connectivity index (χ2n) is 4.86. The Balaban J connectivity index is 1.82. The largest absolute Gasteiger partial charge is 0.361 e. The third kappa shape index (κ3) is 2.43. The fraction of sp³-hybridized carbons (Fsp3) is 0.500. The molecule has 1 saturated carbocycles. The van der Waals surface area contributed by atoms with Crippen molar-refractivity contribution in [2.75, 3.05) is 0 Å². The molecule has 2 aromatic rings. The molecule has 1 fully saturated rings. The molecule has 0 unspecified atom stereocenters. The Labute approximate surface area is 118 Å². The molecule has 1 aliphatic carbocycles. The minimum absolute atomic E-state index is 0.320. The van der Waals surface area contributed by atoms with Gasteiger partial charge in [0.15, 0.2) is 5.16 Å². The van der Waals surface area contributed by atoms with Crippen LogP contribution in [0.25, 0.3) is 0 Å². The van der Waals surface area contributed by atoms with E-state index >= 15 is 0 Å². The lowest BCUT2D eigenvalue weighted by atomic mass is 10.2. The lowest BCUT2D eigenvalue weighted by Crippen LogP contribution is -2.34. The molecule has 0 aromatic carbocycles. The van der Waals surface area contributed by atoms with Crippen LogP contribution >= 0.6 is 11.8 Å². The van der Waals surface area contributed by atoms with E-state index in [1.807, 2.05) is 6.92 Å². The normalized spacial score (nSPS) is 14.7. The first-order chi connectivity index (χ1) is 9.56. The monoisotopic (exact) mass is 294 g/mol. The average molecular weight is 294 g/mol. The van der Waals surface area contributed by atoms with Gasteiger partial charge >= 0.3 is 11.4 Å². The van der Waals surface area contributed by atoms with E-state index in [1.165, 1.54) is 18.8 Å². The van der Waals surface area contributed by atoms with Crippen LogP contribution in [0.4, 0.5) is 0 Å². The van der Waals surface area contributed by atoms with E-state index in [-0.39, 0.29) is 0 Å². The number of aromatic amines is 1. The summed E-state index contributed by atoms with van der Waals surface area (Å²) in [4.78, 5) is 29.3. The molecule has 0 saturated heterocycles. The number of H-pyrrole nitrogens is 1. The lowest BCUT2D eigenvalue weighted by Gasteiger charge is -2.02. The van der Waals surface area contributed by atoms with Gasteiger partial charge in [0.25, 0.3) is 0 Å². The van der Waals surface area contributed by atoms with Crippen LogP contribution in [0, 0.1) is 6.92 Å². The highest BCUT2D eigenvalue weighted by atomic mass is 32.2. The van der Waals surface area contributed by atoms with Crippen molar-refractivity contribution in [3.8, 4) is 0 Å². The second-order valence-corrected chi connectivity index (χ2v) is 5.83. The van der Waals surface area contributed by atoms with Crippen molar-refractivity contribution in [1.82, 2.24) is 19.7 Å². The fourth-order valence-electron chi connectivity index (χ4n) is 1.91. The maximum Gasteiger partial charge on any atom is 0.353 e. The molecule has 20 heavy (non-hydrogen) atoms. The van der Waals surface area contributed by atoms with E-state index < -0.39 is 11.4 Å². The van der Waals surface area contributed by atoms with Gasteiger partial charge in [0.05, 0.1) is 5.69 Å². The molecule has 1 aliphatic rings. The van der Waals surface area contributed by atoms with Crippen LogP contribution in [0.2, 0.25) is 0 Å². The zero-order valence-corrected chi connectivity index (χ0v) is 12.0. The SMILES string of the molecule is Cc1noc(C2CC2)c1CSc1nc(=O)n(C)c(=O)[nH]1. The van der Waals surface area contributed by atoms with Crippen LogP contribution in [0.5, 0.6) is 0 Å². The van der Waals surface area contributed by atoms with Crippen LogP contribution in [-0.4, -0.2) is 19.7 Å². The molecule has 0 spiro atoms. The highest BCUT2D eigenvalue weighted by Gasteiger charge is 2.31. The van der Waals surface area contributed by atoms with Crippen molar-refractivity contribution >= 4 is 11.8 Å². The van der Waals surface area contributed by atoms with Gasteiger partial charge < -0.3 is 4.52 Å². The molecule has 0 atom stereocenters.